The van der Waals surface area contributed by atoms with E-state index in [1.807, 2.05) is 43.3 Å². The van der Waals surface area contributed by atoms with E-state index in [9.17, 15) is 10.0 Å². The SMILES string of the molecule is CCOc1cc2c(cc1C(C)=O)c(N)c(-c1ccc(N(C)O)cc1)n2CC. The number of aromatic nitrogens is 1. The summed E-state index contributed by atoms with van der Waals surface area (Å²) in [6, 6.07) is 11.2. The molecule has 0 aliphatic heterocycles. The molecule has 0 spiro atoms. The summed E-state index contributed by atoms with van der Waals surface area (Å²) in [4.78, 5) is 12.1. The largest absolute Gasteiger partial charge is 0.493 e. The fraction of sp³-hybridized carbons (Fsp3) is 0.286. The van der Waals surface area contributed by atoms with Gasteiger partial charge in [0.25, 0.3) is 0 Å². The smallest absolute Gasteiger partial charge is 0.163 e. The zero-order chi connectivity index (χ0) is 19.7. The molecule has 3 rings (SSSR count). The molecule has 1 heterocycles. The first-order chi connectivity index (χ1) is 12.9. The highest BCUT2D eigenvalue weighted by atomic mass is 16.5. The van der Waals surface area contributed by atoms with E-state index in [4.69, 9.17) is 10.5 Å². The Labute approximate surface area is 158 Å². The number of ketones is 1. The van der Waals surface area contributed by atoms with Gasteiger partial charge in [0.1, 0.15) is 5.75 Å². The van der Waals surface area contributed by atoms with Crippen molar-refractivity contribution in [1.82, 2.24) is 4.57 Å². The van der Waals surface area contributed by atoms with Gasteiger partial charge in [-0.25, -0.2) is 0 Å². The Bertz CT molecular complexity index is 988. The third-order valence-electron chi connectivity index (χ3n) is 4.71. The number of nitrogen functional groups attached to an aromatic ring is 1. The molecule has 142 valence electrons. The molecule has 0 bridgehead atoms. The molecular formula is C21H25N3O3. The highest BCUT2D eigenvalue weighted by Gasteiger charge is 2.20. The number of aryl methyl sites for hydroxylation is 1. The molecule has 0 unspecified atom stereocenters. The Morgan fingerprint density at radius 1 is 1.22 bits per heavy atom. The van der Waals surface area contributed by atoms with Crippen LogP contribution in [0.5, 0.6) is 5.75 Å². The van der Waals surface area contributed by atoms with Crippen LogP contribution in [0, 0.1) is 0 Å². The topological polar surface area (TPSA) is 80.7 Å². The van der Waals surface area contributed by atoms with Gasteiger partial charge in [0.2, 0.25) is 0 Å². The summed E-state index contributed by atoms with van der Waals surface area (Å²) in [5, 5.41) is 11.5. The van der Waals surface area contributed by atoms with Gasteiger partial charge in [-0.2, -0.15) is 0 Å². The third kappa shape index (κ3) is 3.24. The van der Waals surface area contributed by atoms with Crippen molar-refractivity contribution >= 4 is 28.1 Å². The lowest BCUT2D eigenvalue weighted by Gasteiger charge is -2.13. The van der Waals surface area contributed by atoms with E-state index in [0.717, 1.165) is 33.8 Å². The van der Waals surface area contributed by atoms with E-state index in [1.54, 1.807) is 7.05 Å². The molecular weight excluding hydrogens is 342 g/mol. The molecule has 0 aliphatic carbocycles. The van der Waals surface area contributed by atoms with Crippen molar-refractivity contribution < 1.29 is 14.7 Å². The molecule has 1 aromatic heterocycles. The summed E-state index contributed by atoms with van der Waals surface area (Å²) >= 11 is 0. The van der Waals surface area contributed by atoms with Crippen molar-refractivity contribution in [2.75, 3.05) is 24.5 Å². The van der Waals surface area contributed by atoms with Gasteiger partial charge in [-0.3, -0.25) is 15.1 Å². The minimum Gasteiger partial charge on any atom is -0.493 e. The minimum absolute atomic E-state index is 0.0547. The molecule has 0 saturated heterocycles. The Morgan fingerprint density at radius 2 is 1.89 bits per heavy atom. The number of fused-ring (bicyclic) bond motifs is 1. The first-order valence-electron chi connectivity index (χ1n) is 9.01. The number of carbonyl (C=O) groups excluding carboxylic acids is 1. The fourth-order valence-corrected chi connectivity index (χ4v) is 3.43. The average Bonchev–Trinajstić information content (AvgIpc) is 2.92. The third-order valence-corrected chi connectivity index (χ3v) is 4.71. The number of hydrogen-bond donors (Lipinski definition) is 2. The van der Waals surface area contributed by atoms with Crippen molar-refractivity contribution in [2.45, 2.75) is 27.3 Å². The lowest BCUT2D eigenvalue weighted by molar-refractivity contribution is 0.101. The van der Waals surface area contributed by atoms with E-state index in [1.165, 1.54) is 6.92 Å². The zero-order valence-corrected chi connectivity index (χ0v) is 16.1. The number of carbonyl (C=O) groups is 1. The predicted molar refractivity (Wildman–Crippen MR) is 109 cm³/mol. The molecule has 2 aromatic carbocycles. The van der Waals surface area contributed by atoms with Crippen LogP contribution in [-0.4, -0.2) is 29.2 Å². The second kappa shape index (κ2) is 7.32. The fourth-order valence-electron chi connectivity index (χ4n) is 3.43. The molecule has 0 saturated carbocycles. The van der Waals surface area contributed by atoms with Crippen LogP contribution in [0.15, 0.2) is 36.4 Å². The second-order valence-corrected chi connectivity index (χ2v) is 6.43. The quantitative estimate of drug-likeness (QED) is 0.500. The Hall–Kier alpha value is -2.99. The number of hydrogen-bond acceptors (Lipinski definition) is 5. The van der Waals surface area contributed by atoms with Gasteiger partial charge in [0, 0.05) is 30.6 Å². The van der Waals surface area contributed by atoms with Crippen LogP contribution in [0.4, 0.5) is 11.4 Å². The summed E-state index contributed by atoms with van der Waals surface area (Å²) in [6.45, 7) is 6.68. The van der Waals surface area contributed by atoms with Crippen molar-refractivity contribution in [2.24, 2.45) is 0 Å². The van der Waals surface area contributed by atoms with Crippen LogP contribution in [0.3, 0.4) is 0 Å². The van der Waals surface area contributed by atoms with Crippen LogP contribution in [0.1, 0.15) is 31.1 Å². The van der Waals surface area contributed by atoms with E-state index in [0.29, 0.717) is 29.3 Å². The molecule has 0 aliphatic rings. The molecule has 6 nitrogen and oxygen atoms in total. The first kappa shape index (κ1) is 18.8. The summed E-state index contributed by atoms with van der Waals surface area (Å²) in [6.07, 6.45) is 0. The highest BCUT2D eigenvalue weighted by Crippen LogP contribution is 2.39. The monoisotopic (exact) mass is 367 g/mol. The van der Waals surface area contributed by atoms with Gasteiger partial charge in [-0.05, 0) is 39.0 Å². The number of benzene rings is 2. The van der Waals surface area contributed by atoms with Crippen LogP contribution in [0.25, 0.3) is 22.2 Å². The number of nitrogens with zero attached hydrogens (tertiary/aromatic N) is 2. The Balaban J connectivity index is 2.27. The lowest BCUT2D eigenvalue weighted by atomic mass is 10.1. The lowest BCUT2D eigenvalue weighted by Crippen LogP contribution is -2.09. The molecule has 0 radical (unpaired) electrons. The van der Waals surface area contributed by atoms with Crippen LogP contribution in [0.2, 0.25) is 0 Å². The van der Waals surface area contributed by atoms with Crippen molar-refractivity contribution in [3.63, 3.8) is 0 Å². The van der Waals surface area contributed by atoms with Crippen LogP contribution >= 0.6 is 0 Å². The number of anilines is 2. The predicted octanol–water partition coefficient (Wildman–Crippen LogP) is 4.34. The summed E-state index contributed by atoms with van der Waals surface area (Å²) in [5.74, 6) is 0.523. The number of Topliss-reactive ketones (excluding diaryl/α,β-unsaturated/α-hetero) is 1. The maximum Gasteiger partial charge on any atom is 0.163 e. The summed E-state index contributed by atoms with van der Waals surface area (Å²) in [5.41, 5.74) is 11.1. The molecule has 0 amide bonds. The standard InChI is InChI=1S/C21H25N3O3/c1-5-24-18-12-19(27-6-2)16(13(3)25)11-17(18)20(22)21(24)14-7-9-15(10-8-14)23(4)26/h7-12,26H,5-6,22H2,1-4H3. The van der Waals surface area contributed by atoms with Crippen LogP contribution in [-0.2, 0) is 6.54 Å². The number of hydroxylamine groups is 1. The summed E-state index contributed by atoms with van der Waals surface area (Å²) < 4.78 is 7.81. The number of rotatable bonds is 6. The van der Waals surface area contributed by atoms with E-state index in [2.05, 4.69) is 11.5 Å². The van der Waals surface area contributed by atoms with E-state index < -0.39 is 0 Å². The highest BCUT2D eigenvalue weighted by molar-refractivity contribution is 6.07. The van der Waals surface area contributed by atoms with E-state index >= 15 is 0 Å². The number of ether oxygens (including phenoxy) is 1. The summed E-state index contributed by atoms with van der Waals surface area (Å²) in [7, 11) is 1.57. The molecule has 27 heavy (non-hydrogen) atoms. The minimum atomic E-state index is -0.0547. The Morgan fingerprint density at radius 3 is 2.41 bits per heavy atom. The van der Waals surface area contributed by atoms with Crippen molar-refractivity contribution in [3.05, 3.63) is 42.0 Å². The van der Waals surface area contributed by atoms with Gasteiger partial charge in [0.05, 0.1) is 34.8 Å². The molecule has 3 N–H and O–H groups in total. The first-order valence-corrected chi connectivity index (χ1v) is 9.01. The van der Waals surface area contributed by atoms with Crippen molar-refractivity contribution in [3.8, 4) is 17.0 Å². The van der Waals surface area contributed by atoms with Crippen LogP contribution < -0.4 is 15.5 Å². The normalized spacial score (nSPS) is 11.0. The van der Waals surface area contributed by atoms with Gasteiger partial charge < -0.3 is 15.0 Å². The molecule has 6 heteroatoms. The molecule has 3 aromatic rings. The van der Waals surface area contributed by atoms with E-state index in [-0.39, 0.29) is 5.78 Å². The van der Waals surface area contributed by atoms with Gasteiger partial charge in [-0.1, -0.05) is 12.1 Å². The maximum absolute atomic E-state index is 12.1. The zero-order valence-electron chi connectivity index (χ0n) is 16.1. The average molecular weight is 367 g/mol. The molecule has 0 fully saturated rings. The Kier molecular flexibility index (Phi) is 5.10. The van der Waals surface area contributed by atoms with Crippen molar-refractivity contribution in [1.29, 1.82) is 0 Å². The second-order valence-electron chi connectivity index (χ2n) is 6.43. The molecule has 0 atom stereocenters. The van der Waals surface area contributed by atoms with Gasteiger partial charge in [-0.15, -0.1) is 0 Å². The van der Waals surface area contributed by atoms with Gasteiger partial charge >= 0.3 is 0 Å². The number of nitrogens with two attached hydrogens (primary N) is 1. The maximum atomic E-state index is 12.1. The van der Waals surface area contributed by atoms with Gasteiger partial charge in [0.15, 0.2) is 5.78 Å².